The Morgan fingerprint density at radius 2 is 2.17 bits per heavy atom. The Balaban J connectivity index is 1.47. The first-order valence-electron chi connectivity index (χ1n) is 10.1. The van der Waals surface area contributed by atoms with Gasteiger partial charge in [-0.15, -0.1) is 28.2 Å². The molecule has 2 aromatic rings. The number of nitrogens with two attached hydrogens (primary N) is 1. The Hall–Kier alpha value is -2.25. The van der Waals surface area contributed by atoms with E-state index < -0.39 is 51.2 Å². The smallest absolute Gasteiger partial charge is 0.313 e. The Morgan fingerprint density at radius 1 is 1.40 bits per heavy atom. The number of amides is 2. The number of anilines is 1. The number of primary sulfonamides is 1. The van der Waals surface area contributed by atoms with Crippen molar-refractivity contribution in [3.8, 4) is 0 Å². The van der Waals surface area contributed by atoms with Gasteiger partial charge in [0.1, 0.15) is 23.4 Å². The van der Waals surface area contributed by atoms with Gasteiger partial charge in [-0.05, 0) is 27.9 Å². The summed E-state index contributed by atoms with van der Waals surface area (Å²) in [5.41, 5.74) is -1.32. The summed E-state index contributed by atoms with van der Waals surface area (Å²) in [5, 5.41) is 37.6. The van der Waals surface area contributed by atoms with E-state index in [1.165, 1.54) is 37.6 Å². The van der Waals surface area contributed by atoms with Crippen LogP contribution in [-0.4, -0.2) is 103 Å². The van der Waals surface area contributed by atoms with E-state index in [1.54, 1.807) is 17.5 Å². The minimum absolute atomic E-state index is 0.0243. The molecule has 35 heavy (non-hydrogen) atoms. The molecule has 190 valence electrons. The van der Waals surface area contributed by atoms with Crippen molar-refractivity contribution in [2.75, 3.05) is 35.3 Å². The van der Waals surface area contributed by atoms with Gasteiger partial charge in [0, 0.05) is 18.1 Å². The van der Waals surface area contributed by atoms with Gasteiger partial charge in [0.2, 0.25) is 21.1 Å². The molecule has 4 N–H and O–H groups in total. The zero-order chi connectivity index (χ0) is 25.4. The predicted octanol–water partition coefficient (Wildman–Crippen LogP) is -1.50. The van der Waals surface area contributed by atoms with Crippen LogP contribution in [-0.2, 0) is 31.0 Å². The number of β-lactam (4-membered cyclic amide) rings is 1. The minimum Gasteiger partial charge on any atom is -0.481 e. The highest BCUT2D eigenvalue weighted by Crippen LogP contribution is 2.46. The van der Waals surface area contributed by atoms with E-state index in [2.05, 4.69) is 15.5 Å². The van der Waals surface area contributed by atoms with Crippen molar-refractivity contribution in [2.45, 2.75) is 23.1 Å². The minimum atomic E-state index is -3.74. The SMILES string of the molecule is NS(=O)(=O)CCn1nnnc1SCC1(C(=O)O)CS[C@@H]2C(N(C(=O)CO)c3cccs3)C(=O)N2C1. The number of aliphatic hydroxyl groups is 1. The normalized spacial score (nSPS) is 24.1. The van der Waals surface area contributed by atoms with Crippen LogP contribution in [0.3, 0.4) is 0 Å². The van der Waals surface area contributed by atoms with E-state index in [-0.39, 0.29) is 35.5 Å². The highest BCUT2D eigenvalue weighted by Gasteiger charge is 2.59. The monoisotopic (exact) mass is 563 g/mol. The molecule has 2 aliphatic rings. The van der Waals surface area contributed by atoms with Crippen LogP contribution in [0.5, 0.6) is 0 Å². The summed E-state index contributed by atoms with van der Waals surface area (Å²) in [6.45, 7) is -0.920. The number of sulfonamides is 1. The first-order chi connectivity index (χ1) is 16.6. The van der Waals surface area contributed by atoms with E-state index in [9.17, 15) is 33.0 Å². The fraction of sp³-hybridized carbons (Fsp3) is 0.529. The number of thiophene rings is 1. The lowest BCUT2D eigenvalue weighted by molar-refractivity contribution is -0.156. The standard InChI is InChI=1S/C17H21N7O7S4/c18-35(30,31)5-3-23-16(19-20-21-23)34-9-17(15(28)29)7-22-13(27)12(14(22)33-8-17)24(10(26)6-25)11-2-1-4-32-11/h1-2,4,12,14,25H,3,5-9H2,(H,28,29)(H2,18,30,31)/t12?,14-,17?/m1/s1. The molecule has 0 saturated carbocycles. The van der Waals surface area contributed by atoms with Crippen molar-refractivity contribution in [1.82, 2.24) is 25.1 Å². The Bertz CT molecular complexity index is 1220. The molecule has 2 aromatic heterocycles. The third-order valence-corrected chi connectivity index (χ3v) is 10.0. The lowest BCUT2D eigenvalue weighted by Crippen LogP contribution is -2.75. The maximum absolute atomic E-state index is 13.1. The van der Waals surface area contributed by atoms with Crippen LogP contribution in [0.2, 0.25) is 0 Å². The van der Waals surface area contributed by atoms with Gasteiger partial charge in [-0.25, -0.2) is 18.2 Å². The van der Waals surface area contributed by atoms with E-state index in [0.717, 1.165) is 11.8 Å². The second-order valence-corrected chi connectivity index (χ2v) is 12.6. The highest BCUT2D eigenvalue weighted by molar-refractivity contribution is 8.00. The molecule has 2 aliphatic heterocycles. The average Bonchev–Trinajstić information content (AvgIpc) is 3.50. The highest BCUT2D eigenvalue weighted by atomic mass is 32.2. The Labute approximate surface area is 211 Å². The van der Waals surface area contributed by atoms with Gasteiger partial charge in [-0.3, -0.25) is 19.3 Å². The molecule has 0 aromatic carbocycles. The van der Waals surface area contributed by atoms with E-state index >= 15 is 0 Å². The van der Waals surface area contributed by atoms with Gasteiger partial charge >= 0.3 is 5.97 Å². The molecule has 4 heterocycles. The largest absolute Gasteiger partial charge is 0.481 e. The number of carboxylic acid groups (broad SMARTS) is 1. The third kappa shape index (κ3) is 5.17. The van der Waals surface area contributed by atoms with Crippen LogP contribution in [0.15, 0.2) is 22.7 Å². The number of aliphatic hydroxyl groups excluding tert-OH is 1. The number of carbonyl (C=O) groups is 3. The number of nitrogens with zero attached hydrogens (tertiary/aromatic N) is 6. The molecule has 0 radical (unpaired) electrons. The number of thioether (sulfide) groups is 2. The van der Waals surface area contributed by atoms with Gasteiger partial charge in [0.15, 0.2) is 0 Å². The number of tetrazole rings is 1. The molecule has 2 fully saturated rings. The summed E-state index contributed by atoms with van der Waals surface area (Å²) in [7, 11) is -3.74. The molecule has 0 bridgehead atoms. The van der Waals surface area contributed by atoms with Crippen LogP contribution in [0.1, 0.15) is 0 Å². The number of aliphatic carboxylic acids is 1. The fourth-order valence-electron chi connectivity index (χ4n) is 3.74. The van der Waals surface area contributed by atoms with Crippen molar-refractivity contribution in [3.63, 3.8) is 0 Å². The number of aromatic nitrogens is 4. The van der Waals surface area contributed by atoms with Gasteiger partial charge in [-0.1, -0.05) is 11.8 Å². The Morgan fingerprint density at radius 3 is 2.80 bits per heavy atom. The van der Waals surface area contributed by atoms with Crippen LogP contribution in [0.4, 0.5) is 5.00 Å². The molecule has 4 rings (SSSR count). The molecule has 2 saturated heterocycles. The summed E-state index contributed by atoms with van der Waals surface area (Å²) in [5.74, 6) is -2.31. The van der Waals surface area contributed by atoms with Crippen molar-refractivity contribution >= 4 is 67.7 Å². The van der Waals surface area contributed by atoms with E-state index in [4.69, 9.17) is 5.14 Å². The maximum Gasteiger partial charge on any atom is 0.313 e. The second kappa shape index (κ2) is 10.0. The molecule has 14 nitrogen and oxygen atoms in total. The summed E-state index contributed by atoms with van der Waals surface area (Å²) < 4.78 is 23.7. The number of hydrogen-bond donors (Lipinski definition) is 3. The number of carboxylic acids is 1. The first-order valence-corrected chi connectivity index (χ1v) is 14.7. The number of rotatable bonds is 10. The average molecular weight is 564 g/mol. The molecule has 0 spiro atoms. The summed E-state index contributed by atoms with van der Waals surface area (Å²) in [6.07, 6.45) is 0. The lowest BCUT2D eigenvalue weighted by atomic mass is 9.89. The molecule has 0 aliphatic carbocycles. The molecule has 2 unspecified atom stereocenters. The van der Waals surface area contributed by atoms with Crippen molar-refractivity contribution in [2.24, 2.45) is 10.6 Å². The molecule has 18 heteroatoms. The van der Waals surface area contributed by atoms with Crippen LogP contribution >= 0.6 is 34.9 Å². The lowest BCUT2D eigenvalue weighted by Gasteiger charge is -2.55. The Kier molecular flexibility index (Phi) is 7.39. The number of aryl methyl sites for hydroxylation is 1. The summed E-state index contributed by atoms with van der Waals surface area (Å²) >= 11 is 3.56. The number of fused-ring (bicyclic) bond motifs is 1. The van der Waals surface area contributed by atoms with E-state index in [0.29, 0.717) is 5.00 Å². The number of hydrogen-bond acceptors (Lipinski definition) is 12. The molecular formula is C17H21N7O7S4. The van der Waals surface area contributed by atoms with Crippen molar-refractivity contribution in [3.05, 3.63) is 17.5 Å². The quantitative estimate of drug-likeness (QED) is 0.223. The van der Waals surface area contributed by atoms with Crippen LogP contribution < -0.4 is 10.0 Å². The third-order valence-electron chi connectivity index (χ3n) is 5.56. The molecular weight excluding hydrogens is 542 g/mol. The predicted molar refractivity (Wildman–Crippen MR) is 127 cm³/mol. The van der Waals surface area contributed by atoms with Crippen LogP contribution in [0, 0.1) is 5.41 Å². The zero-order valence-electron chi connectivity index (χ0n) is 18.0. The summed E-state index contributed by atoms with van der Waals surface area (Å²) in [6, 6.07) is 2.58. The van der Waals surface area contributed by atoms with Gasteiger partial charge < -0.3 is 15.1 Å². The maximum atomic E-state index is 13.1. The van der Waals surface area contributed by atoms with Gasteiger partial charge in [0.05, 0.1) is 17.3 Å². The summed E-state index contributed by atoms with van der Waals surface area (Å²) in [4.78, 5) is 40.5. The van der Waals surface area contributed by atoms with Crippen molar-refractivity contribution < 1.29 is 33.0 Å². The van der Waals surface area contributed by atoms with Gasteiger partial charge in [0.25, 0.3) is 5.91 Å². The van der Waals surface area contributed by atoms with E-state index in [1.807, 2.05) is 0 Å². The van der Waals surface area contributed by atoms with Gasteiger partial charge in [-0.2, -0.15) is 0 Å². The number of carbonyl (C=O) groups excluding carboxylic acids is 2. The topological polar surface area (TPSA) is 202 Å². The second-order valence-electron chi connectivity index (χ2n) is 7.91. The van der Waals surface area contributed by atoms with Crippen LogP contribution in [0.25, 0.3) is 0 Å². The zero-order valence-corrected chi connectivity index (χ0v) is 21.2. The van der Waals surface area contributed by atoms with Crippen molar-refractivity contribution in [1.29, 1.82) is 0 Å². The first kappa shape index (κ1) is 25.8. The molecule has 3 atom stereocenters. The molecule has 2 amide bonds. The fourth-order valence-corrected chi connectivity index (χ4v) is 7.76.